The van der Waals surface area contributed by atoms with Crippen molar-refractivity contribution < 1.29 is 23.5 Å². The predicted molar refractivity (Wildman–Crippen MR) is 121 cm³/mol. The Hall–Kier alpha value is -1.18. The summed E-state index contributed by atoms with van der Waals surface area (Å²) >= 11 is 0. The zero-order valence-corrected chi connectivity index (χ0v) is 19.5. The van der Waals surface area contributed by atoms with Crippen molar-refractivity contribution in [3.05, 3.63) is 29.1 Å². The van der Waals surface area contributed by atoms with Gasteiger partial charge in [-0.05, 0) is 79.5 Å². The lowest BCUT2D eigenvalue weighted by molar-refractivity contribution is -0.0648. The van der Waals surface area contributed by atoms with Crippen LogP contribution in [0.25, 0.3) is 0 Å². The first-order chi connectivity index (χ1) is 15.4. The van der Waals surface area contributed by atoms with E-state index in [1.165, 1.54) is 5.56 Å². The minimum absolute atomic E-state index is 0.238. The van der Waals surface area contributed by atoms with E-state index in [-0.39, 0.29) is 20.6 Å². The Morgan fingerprint density at radius 1 is 1.26 bits per heavy atom. The number of aryl methyl sites for hydroxylation is 1. The van der Waals surface area contributed by atoms with Crippen LogP contribution in [0.4, 0.5) is 4.39 Å². The number of methoxy groups -OCH3 is 1. The van der Waals surface area contributed by atoms with Crippen LogP contribution in [0.2, 0.25) is 0 Å². The Balaban J connectivity index is 1.52. The first-order valence-corrected chi connectivity index (χ1v) is 11.8. The lowest BCUT2D eigenvalue weighted by atomic mass is 9.53. The Bertz CT molecular complexity index is 887. The number of aliphatic hydroxyl groups is 1. The average Bonchev–Trinajstić information content (AvgIpc) is 3.05. The topological polar surface area (TPSA) is 47.9 Å². The molecule has 6 heteroatoms. The highest BCUT2D eigenvalue weighted by molar-refractivity contribution is 7.09. The third kappa shape index (κ3) is 4.13. The van der Waals surface area contributed by atoms with Crippen LogP contribution in [0.5, 0.6) is 5.75 Å². The molecule has 2 fully saturated rings. The van der Waals surface area contributed by atoms with Crippen LogP contribution in [-0.4, -0.2) is 38.9 Å². The SMILES string of the molecule is [3H]POCCC#C[C@]1(O)CCC2C3CCc4cc(OCCOC)c(F)cc4C3CC[C@@]21C. The zero-order valence-electron chi connectivity index (χ0n) is 19.5. The molecule has 0 bridgehead atoms. The molecule has 3 aliphatic rings. The molecule has 4 nitrogen and oxygen atoms in total. The van der Waals surface area contributed by atoms with Crippen molar-refractivity contribution in [1.29, 1.82) is 1.28 Å². The first-order valence-electron chi connectivity index (χ1n) is 11.9. The summed E-state index contributed by atoms with van der Waals surface area (Å²) in [7, 11) is 1.33. The molecule has 6 atom stereocenters. The lowest BCUT2D eigenvalue weighted by Crippen LogP contribution is -2.50. The molecule has 0 spiro atoms. The number of hydrogen-bond acceptors (Lipinski definition) is 4. The Labute approximate surface area is 188 Å². The number of benzene rings is 1. The van der Waals surface area contributed by atoms with Crippen LogP contribution in [0.3, 0.4) is 0 Å². The van der Waals surface area contributed by atoms with Gasteiger partial charge in [-0.1, -0.05) is 18.8 Å². The van der Waals surface area contributed by atoms with Crippen LogP contribution < -0.4 is 4.74 Å². The van der Waals surface area contributed by atoms with Crippen LogP contribution >= 0.6 is 9.41 Å². The van der Waals surface area contributed by atoms with Crippen LogP contribution in [0.1, 0.15) is 62.5 Å². The van der Waals surface area contributed by atoms with Gasteiger partial charge in [-0.2, -0.15) is 0 Å². The Morgan fingerprint density at radius 3 is 2.94 bits per heavy atom. The summed E-state index contributed by atoms with van der Waals surface area (Å²) in [5.41, 5.74) is 1.12. The number of fused-ring (bicyclic) bond motifs is 5. The third-order valence-corrected chi connectivity index (χ3v) is 8.30. The van der Waals surface area contributed by atoms with Crippen molar-refractivity contribution in [3.63, 3.8) is 0 Å². The van der Waals surface area contributed by atoms with E-state index in [2.05, 4.69) is 18.8 Å². The summed E-state index contributed by atoms with van der Waals surface area (Å²) < 4.78 is 37.5. The summed E-state index contributed by atoms with van der Waals surface area (Å²) in [5.74, 6) is 7.50. The molecular formula is C25H34FO4P. The van der Waals surface area contributed by atoms with Crippen molar-refractivity contribution in [2.75, 3.05) is 26.9 Å². The minimum atomic E-state index is -0.976. The molecule has 0 saturated heterocycles. The molecule has 0 radical (unpaired) electrons. The van der Waals surface area contributed by atoms with E-state index >= 15 is 0 Å². The number of halogens is 1. The van der Waals surface area contributed by atoms with Crippen LogP contribution in [-0.2, 0) is 15.7 Å². The van der Waals surface area contributed by atoms with E-state index in [1.54, 1.807) is 13.2 Å². The standard InChI is InChI=1S/C25H34FO4P/c1-24-10-7-18-19(21(24)8-11-25(24,27)9-3-4-12-30-31)6-5-17-15-23(29-14-13-28-2)22(26)16-20(17)18/h15-16,18-19,21,27H,4-8,10-14,31H2,1-2H3/t18?,19?,21?,24-,25-/m0/s1/i31T/t18?,19?,21?,24-,25-,31?. The summed E-state index contributed by atoms with van der Waals surface area (Å²) in [4.78, 5) is 0. The third-order valence-electron chi connectivity index (χ3n) is 8.10. The zero-order chi connectivity index (χ0) is 22.8. The second-order valence-electron chi connectivity index (χ2n) is 9.49. The molecule has 2 saturated carbocycles. The fraction of sp³-hybridized carbons (Fsp3) is 0.680. The summed E-state index contributed by atoms with van der Waals surface area (Å²) in [5, 5.41) is 11.5. The highest BCUT2D eigenvalue weighted by Crippen LogP contribution is 2.64. The maximum absolute atomic E-state index is 14.8. The first kappa shape index (κ1) is 21.7. The van der Waals surface area contributed by atoms with Crippen LogP contribution in [0.15, 0.2) is 12.1 Å². The van der Waals surface area contributed by atoms with E-state index < -0.39 is 5.60 Å². The van der Waals surface area contributed by atoms with Gasteiger partial charge in [0.1, 0.15) is 12.2 Å². The van der Waals surface area contributed by atoms with Gasteiger partial charge >= 0.3 is 0 Å². The maximum atomic E-state index is 14.8. The molecule has 1 aromatic carbocycles. The highest BCUT2D eigenvalue weighted by Gasteiger charge is 2.61. The maximum Gasteiger partial charge on any atom is 0.165 e. The van der Waals surface area contributed by atoms with Gasteiger partial charge in [-0.3, -0.25) is 0 Å². The van der Waals surface area contributed by atoms with E-state index in [0.29, 0.717) is 56.2 Å². The summed E-state index contributed by atoms with van der Waals surface area (Å²) in [6.45, 7) is 3.42. The van der Waals surface area contributed by atoms with Gasteiger partial charge in [0.2, 0.25) is 0 Å². The molecule has 1 N–H and O–H groups in total. The average molecular weight is 451 g/mol. The molecule has 170 valence electrons. The van der Waals surface area contributed by atoms with Crippen molar-refractivity contribution in [2.45, 2.75) is 63.4 Å². The van der Waals surface area contributed by atoms with E-state index in [1.807, 2.05) is 6.07 Å². The molecule has 3 aliphatic carbocycles. The molecule has 0 amide bonds. The second-order valence-corrected chi connectivity index (χ2v) is 9.78. The fourth-order valence-corrected chi connectivity index (χ4v) is 6.55. The molecule has 31 heavy (non-hydrogen) atoms. The Morgan fingerprint density at radius 2 is 2.13 bits per heavy atom. The van der Waals surface area contributed by atoms with Gasteiger partial charge in [0.15, 0.2) is 11.6 Å². The molecule has 0 aliphatic heterocycles. The molecule has 0 heterocycles. The Kier molecular flexibility index (Phi) is 6.54. The molecular weight excluding hydrogens is 414 g/mol. The highest BCUT2D eigenvalue weighted by atomic mass is 31.0. The van der Waals surface area contributed by atoms with Gasteiger partial charge in [0.25, 0.3) is 0 Å². The van der Waals surface area contributed by atoms with Crippen molar-refractivity contribution in [3.8, 4) is 17.6 Å². The minimum Gasteiger partial charge on any atom is -0.488 e. The largest absolute Gasteiger partial charge is 0.488 e. The fourth-order valence-electron chi connectivity index (χ4n) is 6.45. The van der Waals surface area contributed by atoms with Gasteiger partial charge in [-0.15, -0.1) is 0 Å². The number of ether oxygens (including phenoxy) is 2. The lowest BCUT2D eigenvalue weighted by Gasteiger charge is -2.52. The number of rotatable bonds is 7. The van der Waals surface area contributed by atoms with E-state index in [9.17, 15) is 9.50 Å². The summed E-state index contributed by atoms with van der Waals surface area (Å²) in [6.07, 6.45) is 6.01. The van der Waals surface area contributed by atoms with Gasteiger partial charge < -0.3 is 19.1 Å². The normalized spacial score (nSPS) is 34.5. The summed E-state index contributed by atoms with van der Waals surface area (Å²) in [6, 6.07) is 3.59. The van der Waals surface area contributed by atoms with Gasteiger partial charge in [0, 0.05) is 28.4 Å². The van der Waals surface area contributed by atoms with Crippen LogP contribution in [0, 0.1) is 34.9 Å². The quantitative estimate of drug-likeness (QED) is 0.374. The number of hydrogen-bond donors (Lipinski definition) is 1. The van der Waals surface area contributed by atoms with E-state index in [0.717, 1.165) is 37.7 Å². The van der Waals surface area contributed by atoms with Crippen molar-refractivity contribution >= 4 is 9.41 Å². The van der Waals surface area contributed by atoms with Gasteiger partial charge in [-0.25, -0.2) is 4.39 Å². The molecule has 0 aromatic heterocycles. The van der Waals surface area contributed by atoms with Crippen molar-refractivity contribution in [1.82, 2.24) is 0 Å². The van der Waals surface area contributed by atoms with E-state index in [4.69, 9.17) is 15.3 Å². The molecule has 1 aromatic rings. The van der Waals surface area contributed by atoms with Crippen molar-refractivity contribution in [2.24, 2.45) is 17.3 Å². The molecule has 4 unspecified atom stereocenters. The van der Waals surface area contributed by atoms with Gasteiger partial charge in [0.05, 0.1) is 14.5 Å². The smallest absolute Gasteiger partial charge is 0.165 e. The molecule has 4 rings (SSSR count). The monoisotopic (exact) mass is 450 g/mol. The predicted octanol–water partition coefficient (Wildman–Crippen LogP) is 4.64. The second kappa shape index (κ2) is 9.36.